The average Bonchev–Trinajstić information content (AvgIpc) is 3.68. The predicted octanol–water partition coefficient (Wildman–Crippen LogP) is 1.11. The van der Waals surface area contributed by atoms with E-state index < -0.39 is 53.3 Å². The molecule has 2 bridgehead atoms. The van der Waals surface area contributed by atoms with Crippen LogP contribution in [0.15, 0.2) is 23.3 Å². The van der Waals surface area contributed by atoms with Gasteiger partial charge >= 0.3 is 11.9 Å². The van der Waals surface area contributed by atoms with Gasteiger partial charge in [-0.2, -0.15) is 0 Å². The number of hydrogen-bond acceptors (Lipinski definition) is 8. The minimum Gasteiger partial charge on any atom is -0.468 e. The van der Waals surface area contributed by atoms with Gasteiger partial charge in [0.05, 0.1) is 25.2 Å². The van der Waals surface area contributed by atoms with Crippen LogP contribution in [-0.2, 0) is 19.1 Å². The molecule has 0 amide bonds. The molecule has 0 aliphatic heterocycles. The summed E-state index contributed by atoms with van der Waals surface area (Å²) in [6.07, 6.45) is 0.916. The molecule has 3 saturated carbocycles. The highest BCUT2D eigenvalue weighted by Crippen LogP contribution is 2.73. The van der Waals surface area contributed by atoms with E-state index >= 15 is 0 Å². The molecule has 9 atom stereocenters. The Morgan fingerprint density at radius 3 is 2.38 bits per heavy atom. The van der Waals surface area contributed by atoms with Gasteiger partial charge in [-0.25, -0.2) is 0 Å². The lowest BCUT2D eigenvalue weighted by Gasteiger charge is -2.52. The van der Waals surface area contributed by atoms with Crippen LogP contribution in [-0.4, -0.2) is 70.0 Å². The monoisotopic (exact) mass is 476 g/mol. The molecule has 0 heterocycles. The van der Waals surface area contributed by atoms with Gasteiger partial charge in [0.1, 0.15) is 11.7 Å². The van der Waals surface area contributed by atoms with Gasteiger partial charge in [0.25, 0.3) is 0 Å². The van der Waals surface area contributed by atoms with Crippen molar-refractivity contribution in [2.45, 2.75) is 70.9 Å². The summed E-state index contributed by atoms with van der Waals surface area (Å²) < 4.78 is 10.6. The number of fused-ring (bicyclic) bond motifs is 3. The third-order valence-electron chi connectivity index (χ3n) is 10.1. The number of aliphatic hydroxyl groups is 4. The molecule has 188 valence electrons. The molecule has 5 aliphatic rings. The Morgan fingerprint density at radius 2 is 1.82 bits per heavy atom. The highest BCUT2D eigenvalue weighted by molar-refractivity contribution is 6.03. The molecule has 1 unspecified atom stereocenters. The summed E-state index contributed by atoms with van der Waals surface area (Å²) in [6.45, 7) is 7.50. The van der Waals surface area contributed by atoms with Crippen molar-refractivity contribution in [3.63, 3.8) is 0 Å². The maximum Gasteiger partial charge on any atom is 0.324 e. The normalized spacial score (nSPS) is 47.1. The van der Waals surface area contributed by atoms with E-state index in [9.17, 15) is 30.0 Å². The third kappa shape index (κ3) is 2.63. The zero-order valence-electron chi connectivity index (χ0n) is 20.4. The van der Waals surface area contributed by atoms with Gasteiger partial charge in [-0.15, -0.1) is 0 Å². The van der Waals surface area contributed by atoms with Crippen molar-refractivity contribution >= 4 is 11.9 Å². The Hall–Kier alpha value is -1.74. The number of ether oxygens (including phenoxy) is 2. The zero-order chi connectivity index (χ0) is 25.0. The smallest absolute Gasteiger partial charge is 0.324 e. The number of methoxy groups -OCH3 is 1. The molecule has 1 spiro atoms. The van der Waals surface area contributed by atoms with Crippen LogP contribution in [0.1, 0.15) is 47.0 Å². The molecule has 4 N–H and O–H groups in total. The zero-order valence-corrected chi connectivity index (χ0v) is 20.4. The van der Waals surface area contributed by atoms with Gasteiger partial charge in [-0.05, 0) is 60.5 Å². The van der Waals surface area contributed by atoms with Crippen LogP contribution in [0.4, 0.5) is 0 Å². The van der Waals surface area contributed by atoms with Crippen LogP contribution in [0.3, 0.4) is 0 Å². The van der Waals surface area contributed by atoms with Crippen LogP contribution < -0.4 is 0 Å². The Bertz CT molecular complexity index is 993. The molecule has 8 nitrogen and oxygen atoms in total. The largest absolute Gasteiger partial charge is 0.468 e. The first kappa shape index (κ1) is 24.0. The molecule has 0 aromatic heterocycles. The Morgan fingerprint density at radius 1 is 1.18 bits per heavy atom. The maximum absolute atomic E-state index is 13.2. The predicted molar refractivity (Wildman–Crippen MR) is 120 cm³/mol. The summed E-state index contributed by atoms with van der Waals surface area (Å²) in [6, 6.07) is 0. The Labute approximate surface area is 199 Å². The number of esters is 2. The molecule has 34 heavy (non-hydrogen) atoms. The first-order chi connectivity index (χ1) is 15.8. The van der Waals surface area contributed by atoms with Gasteiger partial charge in [0.15, 0.2) is 11.5 Å². The highest BCUT2D eigenvalue weighted by atomic mass is 16.6. The summed E-state index contributed by atoms with van der Waals surface area (Å²) in [7, 11) is 1.21. The van der Waals surface area contributed by atoms with Gasteiger partial charge in [-0.1, -0.05) is 32.9 Å². The van der Waals surface area contributed by atoms with Crippen LogP contribution in [0.25, 0.3) is 0 Å². The molecular formula is C26H36O8. The standard InChI is InChI=1S/C26H36O8/c1-12-10-25-13(2)8-16-17(23(16,3)4)15(19(25)29)9-14(11-27)18(28)26(25,32)20(12)34-22(31)24(6-7-24)21(30)33-5/h9-10,13,15-20,27-29,32H,6-8,11H2,1-5H3/t13-,15+,16-,17+,18-,19?,20+,25+,26+/m1/s1. The van der Waals surface area contributed by atoms with E-state index in [0.717, 1.165) is 6.42 Å². The van der Waals surface area contributed by atoms with E-state index in [2.05, 4.69) is 13.8 Å². The second kappa shape index (κ2) is 7.15. The molecule has 0 saturated heterocycles. The molecule has 8 heteroatoms. The van der Waals surface area contributed by atoms with Gasteiger partial charge in [0.2, 0.25) is 0 Å². The number of carbonyl (C=O) groups is 2. The van der Waals surface area contributed by atoms with Crippen molar-refractivity contribution < 1.29 is 39.5 Å². The van der Waals surface area contributed by atoms with Crippen LogP contribution >= 0.6 is 0 Å². The first-order valence-electron chi connectivity index (χ1n) is 12.2. The molecule has 0 aromatic carbocycles. The van der Waals surface area contributed by atoms with Crippen molar-refractivity contribution in [2.75, 3.05) is 13.7 Å². The average molecular weight is 477 g/mol. The summed E-state index contributed by atoms with van der Waals surface area (Å²) in [4.78, 5) is 25.4. The number of carbonyl (C=O) groups excluding carboxylic acids is 2. The van der Waals surface area contributed by atoms with Crippen molar-refractivity contribution in [3.05, 3.63) is 23.3 Å². The fraction of sp³-hybridized carbons (Fsp3) is 0.769. The second-order valence-corrected chi connectivity index (χ2v) is 11.9. The van der Waals surface area contributed by atoms with Crippen molar-refractivity contribution in [3.8, 4) is 0 Å². The third-order valence-corrected chi connectivity index (χ3v) is 10.1. The summed E-state index contributed by atoms with van der Waals surface area (Å²) >= 11 is 0. The van der Waals surface area contributed by atoms with E-state index in [-0.39, 0.29) is 28.7 Å². The second-order valence-electron chi connectivity index (χ2n) is 11.9. The molecule has 5 aliphatic carbocycles. The highest BCUT2D eigenvalue weighted by Gasteiger charge is 2.76. The molecule has 3 fully saturated rings. The van der Waals surface area contributed by atoms with E-state index in [0.29, 0.717) is 24.3 Å². The minimum absolute atomic E-state index is 0.00586. The fourth-order valence-electron chi connectivity index (χ4n) is 7.93. The SMILES string of the molecule is COC(=O)C1(C(=O)O[C@H]2C(C)=C[C@]34C(O)[C@@H](C=C(CO)[C@@H](O)[C@]23O)[C@H]2[C@@H](C[C@H]4C)C2(C)C)CC1. The Balaban J connectivity index is 1.61. The molecule has 0 radical (unpaired) electrons. The van der Waals surface area contributed by atoms with Crippen molar-refractivity contribution in [1.29, 1.82) is 0 Å². The van der Waals surface area contributed by atoms with Crippen molar-refractivity contribution in [2.24, 2.45) is 39.9 Å². The molecule has 5 rings (SSSR count). The van der Waals surface area contributed by atoms with Gasteiger partial charge in [0, 0.05) is 5.92 Å². The lowest BCUT2D eigenvalue weighted by atomic mass is 9.58. The molecular weight excluding hydrogens is 440 g/mol. The number of rotatable bonds is 4. The van der Waals surface area contributed by atoms with Crippen LogP contribution in [0.5, 0.6) is 0 Å². The molecule has 0 aromatic rings. The lowest BCUT2D eigenvalue weighted by molar-refractivity contribution is -0.227. The van der Waals surface area contributed by atoms with Gasteiger partial charge in [-0.3, -0.25) is 9.59 Å². The minimum atomic E-state index is -2.11. The van der Waals surface area contributed by atoms with E-state index in [4.69, 9.17) is 9.47 Å². The van der Waals surface area contributed by atoms with E-state index in [1.54, 1.807) is 19.1 Å². The number of aliphatic hydroxyl groups excluding tert-OH is 3. The summed E-state index contributed by atoms with van der Waals surface area (Å²) in [5, 5.41) is 46.0. The van der Waals surface area contributed by atoms with Crippen LogP contribution in [0.2, 0.25) is 0 Å². The quantitative estimate of drug-likeness (QED) is 0.269. The lowest BCUT2D eigenvalue weighted by Crippen LogP contribution is -2.67. The van der Waals surface area contributed by atoms with E-state index in [1.807, 2.05) is 6.92 Å². The summed E-state index contributed by atoms with van der Waals surface area (Å²) in [5.41, 5.74) is -4.09. The maximum atomic E-state index is 13.2. The van der Waals surface area contributed by atoms with Crippen molar-refractivity contribution in [1.82, 2.24) is 0 Å². The van der Waals surface area contributed by atoms with Crippen LogP contribution in [0, 0.1) is 39.9 Å². The number of hydrogen-bond donors (Lipinski definition) is 4. The first-order valence-corrected chi connectivity index (χ1v) is 12.2. The Kier molecular flexibility index (Phi) is 5.04. The topological polar surface area (TPSA) is 134 Å². The fourth-order valence-corrected chi connectivity index (χ4v) is 7.93. The van der Waals surface area contributed by atoms with Gasteiger partial charge < -0.3 is 29.9 Å². The summed E-state index contributed by atoms with van der Waals surface area (Å²) in [5.74, 6) is -1.64. The van der Waals surface area contributed by atoms with E-state index in [1.165, 1.54) is 7.11 Å².